The highest BCUT2D eigenvalue weighted by Gasteiger charge is 2.43. The Morgan fingerprint density at radius 3 is 2.60 bits per heavy atom. The highest BCUT2D eigenvalue weighted by atomic mass is 16.5. The van der Waals surface area contributed by atoms with E-state index in [0.717, 1.165) is 37.2 Å². The number of benzene rings is 1. The molecule has 1 amide bonds. The first-order valence-electron chi connectivity index (χ1n) is 7.13. The Balaban J connectivity index is 1.66. The van der Waals surface area contributed by atoms with E-state index in [-0.39, 0.29) is 11.4 Å². The standard InChI is InChI=1S/C15H21N3O2/c1-20-13-4-2-12(3-5-13)11-18-14(19)10-15(17-18)6-8-16-9-7-15/h2-5,16-17H,6-11H2,1H3. The minimum Gasteiger partial charge on any atom is -0.497 e. The number of amides is 1. The van der Waals surface area contributed by atoms with Crippen molar-refractivity contribution in [2.45, 2.75) is 31.3 Å². The van der Waals surface area contributed by atoms with E-state index in [9.17, 15) is 4.79 Å². The Labute approximate surface area is 119 Å². The zero-order chi connectivity index (χ0) is 14.0. The highest BCUT2D eigenvalue weighted by Crippen LogP contribution is 2.29. The first kappa shape index (κ1) is 13.4. The van der Waals surface area contributed by atoms with Crippen LogP contribution in [-0.2, 0) is 11.3 Å². The molecular weight excluding hydrogens is 254 g/mol. The molecule has 108 valence electrons. The van der Waals surface area contributed by atoms with Crippen LogP contribution in [0.4, 0.5) is 0 Å². The Morgan fingerprint density at radius 1 is 1.25 bits per heavy atom. The predicted molar refractivity (Wildman–Crippen MR) is 76.1 cm³/mol. The maximum Gasteiger partial charge on any atom is 0.238 e. The number of nitrogens with zero attached hydrogens (tertiary/aromatic N) is 1. The lowest BCUT2D eigenvalue weighted by Gasteiger charge is -2.34. The maximum absolute atomic E-state index is 12.2. The molecule has 0 radical (unpaired) electrons. The van der Waals surface area contributed by atoms with Gasteiger partial charge in [0.15, 0.2) is 0 Å². The van der Waals surface area contributed by atoms with Crippen LogP contribution in [0.1, 0.15) is 24.8 Å². The van der Waals surface area contributed by atoms with E-state index >= 15 is 0 Å². The van der Waals surface area contributed by atoms with Gasteiger partial charge in [-0.15, -0.1) is 0 Å². The van der Waals surface area contributed by atoms with E-state index < -0.39 is 0 Å². The summed E-state index contributed by atoms with van der Waals surface area (Å²) >= 11 is 0. The lowest BCUT2D eigenvalue weighted by molar-refractivity contribution is -0.130. The minimum atomic E-state index is -0.0190. The quantitative estimate of drug-likeness (QED) is 0.866. The number of methoxy groups -OCH3 is 1. The van der Waals surface area contributed by atoms with Crippen LogP contribution < -0.4 is 15.5 Å². The number of hydrazine groups is 1. The summed E-state index contributed by atoms with van der Waals surface area (Å²) in [4.78, 5) is 12.2. The van der Waals surface area contributed by atoms with Crippen molar-refractivity contribution in [3.63, 3.8) is 0 Å². The van der Waals surface area contributed by atoms with Gasteiger partial charge in [0.25, 0.3) is 0 Å². The monoisotopic (exact) mass is 275 g/mol. The Hall–Kier alpha value is -1.59. The number of ether oxygens (including phenoxy) is 1. The van der Waals surface area contributed by atoms with Gasteiger partial charge in [0, 0.05) is 12.0 Å². The molecule has 2 aliphatic heterocycles. The van der Waals surface area contributed by atoms with Gasteiger partial charge in [0.1, 0.15) is 5.75 Å². The largest absolute Gasteiger partial charge is 0.497 e. The van der Waals surface area contributed by atoms with Crippen LogP contribution in [0.3, 0.4) is 0 Å². The molecule has 2 heterocycles. The molecule has 2 saturated heterocycles. The van der Waals surface area contributed by atoms with Gasteiger partial charge in [-0.2, -0.15) is 0 Å². The molecule has 0 atom stereocenters. The number of nitrogens with one attached hydrogen (secondary N) is 2. The summed E-state index contributed by atoms with van der Waals surface area (Å²) in [6, 6.07) is 7.86. The second-order valence-electron chi connectivity index (χ2n) is 5.65. The number of hydrogen-bond donors (Lipinski definition) is 2. The minimum absolute atomic E-state index is 0.0190. The molecule has 0 saturated carbocycles. The molecule has 2 aliphatic rings. The van der Waals surface area contributed by atoms with Crippen LogP contribution in [0.15, 0.2) is 24.3 Å². The predicted octanol–water partition coefficient (Wildman–Crippen LogP) is 1.05. The number of rotatable bonds is 3. The first-order chi connectivity index (χ1) is 9.71. The summed E-state index contributed by atoms with van der Waals surface area (Å²) in [6.07, 6.45) is 2.64. The fourth-order valence-electron chi connectivity index (χ4n) is 3.01. The van der Waals surface area contributed by atoms with Gasteiger partial charge in [-0.25, -0.2) is 5.43 Å². The fraction of sp³-hybridized carbons (Fsp3) is 0.533. The van der Waals surface area contributed by atoms with E-state index in [4.69, 9.17) is 4.74 Å². The smallest absolute Gasteiger partial charge is 0.238 e. The highest BCUT2D eigenvalue weighted by molar-refractivity contribution is 5.79. The summed E-state index contributed by atoms with van der Waals surface area (Å²) in [5, 5.41) is 5.12. The van der Waals surface area contributed by atoms with Gasteiger partial charge in [0.2, 0.25) is 5.91 Å². The molecule has 0 unspecified atom stereocenters. The molecule has 0 aliphatic carbocycles. The van der Waals surface area contributed by atoms with Gasteiger partial charge >= 0.3 is 0 Å². The third-order valence-electron chi connectivity index (χ3n) is 4.22. The van der Waals surface area contributed by atoms with Crippen LogP contribution in [-0.4, -0.2) is 36.7 Å². The summed E-state index contributed by atoms with van der Waals surface area (Å²) in [5.41, 5.74) is 4.54. The van der Waals surface area contributed by atoms with Gasteiger partial charge in [0.05, 0.1) is 13.7 Å². The van der Waals surface area contributed by atoms with Crippen molar-refractivity contribution in [2.75, 3.05) is 20.2 Å². The fourth-order valence-corrected chi connectivity index (χ4v) is 3.01. The van der Waals surface area contributed by atoms with E-state index in [0.29, 0.717) is 13.0 Å². The van der Waals surface area contributed by atoms with Crippen molar-refractivity contribution < 1.29 is 9.53 Å². The summed E-state index contributed by atoms with van der Waals surface area (Å²) < 4.78 is 5.15. The van der Waals surface area contributed by atoms with Gasteiger partial charge in [-0.1, -0.05) is 12.1 Å². The molecule has 1 aromatic carbocycles. The van der Waals surface area contributed by atoms with Crippen molar-refractivity contribution >= 4 is 5.91 Å². The summed E-state index contributed by atoms with van der Waals surface area (Å²) in [7, 11) is 1.65. The van der Waals surface area contributed by atoms with Crippen molar-refractivity contribution in [1.29, 1.82) is 0 Å². The van der Waals surface area contributed by atoms with Crippen LogP contribution >= 0.6 is 0 Å². The second kappa shape index (κ2) is 5.42. The Morgan fingerprint density at radius 2 is 1.95 bits per heavy atom. The van der Waals surface area contributed by atoms with Crippen LogP contribution in [0.2, 0.25) is 0 Å². The summed E-state index contributed by atoms with van der Waals surface area (Å²) in [6.45, 7) is 2.57. The van der Waals surface area contributed by atoms with Gasteiger partial charge < -0.3 is 10.1 Å². The maximum atomic E-state index is 12.2. The lowest BCUT2D eigenvalue weighted by atomic mass is 9.87. The second-order valence-corrected chi connectivity index (χ2v) is 5.65. The number of carbonyl (C=O) groups is 1. The third kappa shape index (κ3) is 2.64. The normalized spacial score (nSPS) is 21.4. The van der Waals surface area contributed by atoms with E-state index in [1.807, 2.05) is 24.3 Å². The van der Waals surface area contributed by atoms with E-state index in [1.54, 1.807) is 12.1 Å². The molecule has 5 heteroatoms. The number of carbonyl (C=O) groups excluding carboxylic acids is 1. The molecule has 3 rings (SSSR count). The lowest BCUT2D eigenvalue weighted by Crippen LogP contribution is -2.51. The molecule has 1 spiro atoms. The summed E-state index contributed by atoms with van der Waals surface area (Å²) in [5.74, 6) is 1.03. The zero-order valence-corrected chi connectivity index (χ0v) is 11.8. The molecular formula is C15H21N3O2. The average molecular weight is 275 g/mol. The van der Waals surface area contributed by atoms with Gasteiger partial charge in [-0.3, -0.25) is 9.80 Å². The number of piperidine rings is 1. The van der Waals surface area contributed by atoms with E-state index in [1.165, 1.54) is 0 Å². The molecule has 0 bridgehead atoms. The van der Waals surface area contributed by atoms with Crippen LogP contribution in [0.5, 0.6) is 5.75 Å². The third-order valence-corrected chi connectivity index (χ3v) is 4.22. The number of hydrogen-bond acceptors (Lipinski definition) is 4. The first-order valence-corrected chi connectivity index (χ1v) is 7.13. The van der Waals surface area contributed by atoms with Crippen molar-refractivity contribution in [3.05, 3.63) is 29.8 Å². The molecule has 20 heavy (non-hydrogen) atoms. The van der Waals surface area contributed by atoms with Crippen molar-refractivity contribution in [2.24, 2.45) is 0 Å². The molecule has 2 fully saturated rings. The van der Waals surface area contributed by atoms with Crippen molar-refractivity contribution in [3.8, 4) is 5.75 Å². The van der Waals surface area contributed by atoms with E-state index in [2.05, 4.69) is 10.7 Å². The molecule has 5 nitrogen and oxygen atoms in total. The van der Waals surface area contributed by atoms with Crippen LogP contribution in [0, 0.1) is 0 Å². The Kier molecular flexibility index (Phi) is 3.63. The SMILES string of the molecule is COc1ccc(CN2NC3(CCNCC3)CC2=O)cc1. The molecule has 2 N–H and O–H groups in total. The zero-order valence-electron chi connectivity index (χ0n) is 11.8. The van der Waals surface area contributed by atoms with Crippen molar-refractivity contribution in [1.82, 2.24) is 15.8 Å². The molecule has 0 aromatic heterocycles. The molecule has 1 aromatic rings. The average Bonchev–Trinajstić information content (AvgIpc) is 2.76. The Bertz CT molecular complexity index is 480. The topological polar surface area (TPSA) is 53.6 Å². The van der Waals surface area contributed by atoms with Crippen LogP contribution in [0.25, 0.3) is 0 Å². The van der Waals surface area contributed by atoms with Gasteiger partial charge in [-0.05, 0) is 43.6 Å².